The molecule has 0 saturated carbocycles. The third kappa shape index (κ3) is 1.44. The van der Waals surface area contributed by atoms with Gasteiger partial charge in [-0.3, -0.25) is 0 Å². The highest BCUT2D eigenvalue weighted by Crippen LogP contribution is 2.48. The van der Waals surface area contributed by atoms with Gasteiger partial charge in [-0.1, -0.05) is 61.9 Å². The number of aryl methyl sites for hydroxylation is 1. The average Bonchev–Trinajstić information content (AvgIpc) is 2.50. The van der Waals surface area contributed by atoms with Crippen molar-refractivity contribution in [2.24, 2.45) is 0 Å². The van der Waals surface area contributed by atoms with Gasteiger partial charge in [0.25, 0.3) is 0 Å². The Morgan fingerprint density at radius 3 is 2.76 bits per heavy atom. The molecule has 0 N–H and O–H groups in total. The molecule has 0 atom stereocenters. The van der Waals surface area contributed by atoms with E-state index in [1.54, 1.807) is 0 Å². The monoisotopic (exact) mass is 222 g/mol. The molecule has 0 fully saturated rings. The van der Waals surface area contributed by atoms with Gasteiger partial charge in [0.15, 0.2) is 0 Å². The lowest BCUT2D eigenvalue weighted by Crippen LogP contribution is -2.16. The molecule has 0 aliphatic heterocycles. The molecule has 0 radical (unpaired) electrons. The Morgan fingerprint density at radius 1 is 1.12 bits per heavy atom. The van der Waals surface area contributed by atoms with Crippen LogP contribution in [-0.4, -0.2) is 0 Å². The zero-order valence-electron chi connectivity index (χ0n) is 10.7. The summed E-state index contributed by atoms with van der Waals surface area (Å²) in [5.74, 6) is 0. The highest BCUT2D eigenvalue weighted by atomic mass is 14.4. The van der Waals surface area contributed by atoms with Crippen LogP contribution in [0.3, 0.4) is 0 Å². The Bertz CT molecular complexity index is 566. The van der Waals surface area contributed by atoms with E-state index in [-0.39, 0.29) is 5.41 Å². The van der Waals surface area contributed by atoms with E-state index < -0.39 is 0 Å². The van der Waals surface area contributed by atoms with Crippen molar-refractivity contribution >= 4 is 5.57 Å². The molecule has 86 valence electrons. The lowest BCUT2D eigenvalue weighted by atomic mass is 9.80. The molecule has 0 heteroatoms. The maximum Gasteiger partial charge on any atom is 0.0155 e. The maximum atomic E-state index is 2.35. The molecular weight excluding hydrogens is 204 g/mol. The highest BCUT2D eigenvalue weighted by Gasteiger charge is 2.35. The minimum atomic E-state index is 0.152. The topological polar surface area (TPSA) is 0 Å². The third-order valence-electron chi connectivity index (χ3n) is 4.00. The molecule has 0 spiro atoms. The van der Waals surface area contributed by atoms with Crippen LogP contribution in [0.5, 0.6) is 0 Å². The van der Waals surface area contributed by atoms with Crippen molar-refractivity contribution in [1.29, 1.82) is 0 Å². The van der Waals surface area contributed by atoms with Crippen molar-refractivity contribution in [2.45, 2.75) is 32.6 Å². The molecule has 17 heavy (non-hydrogen) atoms. The summed E-state index contributed by atoms with van der Waals surface area (Å²) in [6.07, 6.45) is 9.92. The van der Waals surface area contributed by atoms with Gasteiger partial charge in [-0.25, -0.2) is 0 Å². The molecule has 0 unspecified atom stereocenters. The predicted molar refractivity (Wildman–Crippen MR) is 74.0 cm³/mol. The number of rotatable bonds is 0. The molecular formula is C17H18. The van der Waals surface area contributed by atoms with Crippen LogP contribution in [0.15, 0.2) is 48.1 Å². The first-order valence-corrected chi connectivity index (χ1v) is 6.29. The quantitative estimate of drug-likeness (QED) is 0.604. The number of hydrogen-bond donors (Lipinski definition) is 0. The molecule has 0 amide bonds. The van der Waals surface area contributed by atoms with Gasteiger partial charge in [-0.15, -0.1) is 0 Å². The second-order valence-electron chi connectivity index (χ2n) is 5.56. The lowest BCUT2D eigenvalue weighted by molar-refractivity contribution is 0.653. The molecule has 3 rings (SSSR count). The van der Waals surface area contributed by atoms with Crippen molar-refractivity contribution in [3.05, 3.63) is 64.8 Å². The Morgan fingerprint density at radius 2 is 1.94 bits per heavy atom. The summed E-state index contributed by atoms with van der Waals surface area (Å²) >= 11 is 0. The molecule has 0 heterocycles. The summed E-state index contributed by atoms with van der Waals surface area (Å²) in [7, 11) is 0. The standard InChI is InChI=1S/C17H18/c1-12-9-10-14-13-7-5-4-6-8-15(13)17(2,3)16(14)11-12/h4-6,8-11H,7H2,1-3H3. The van der Waals surface area contributed by atoms with Gasteiger partial charge in [-0.05, 0) is 35.6 Å². The van der Waals surface area contributed by atoms with Crippen LogP contribution < -0.4 is 0 Å². The first kappa shape index (κ1) is 10.6. The first-order valence-electron chi connectivity index (χ1n) is 6.29. The van der Waals surface area contributed by atoms with E-state index in [9.17, 15) is 0 Å². The van der Waals surface area contributed by atoms with E-state index >= 15 is 0 Å². The van der Waals surface area contributed by atoms with Crippen molar-refractivity contribution in [2.75, 3.05) is 0 Å². The van der Waals surface area contributed by atoms with E-state index in [4.69, 9.17) is 0 Å². The summed E-state index contributed by atoms with van der Waals surface area (Å²) in [5.41, 5.74) is 7.44. The summed E-state index contributed by atoms with van der Waals surface area (Å²) in [4.78, 5) is 0. The molecule has 2 aliphatic rings. The predicted octanol–water partition coefficient (Wildman–Crippen LogP) is 4.56. The normalized spacial score (nSPS) is 20.2. The Labute approximate surface area is 103 Å². The lowest BCUT2D eigenvalue weighted by Gasteiger charge is -2.23. The highest BCUT2D eigenvalue weighted by molar-refractivity contribution is 5.83. The van der Waals surface area contributed by atoms with Crippen LogP contribution in [0, 0.1) is 6.92 Å². The van der Waals surface area contributed by atoms with Crippen LogP contribution in [-0.2, 0) is 5.41 Å². The molecule has 0 nitrogen and oxygen atoms in total. The third-order valence-corrected chi connectivity index (χ3v) is 4.00. The van der Waals surface area contributed by atoms with Crippen LogP contribution in [0.4, 0.5) is 0 Å². The van der Waals surface area contributed by atoms with Crippen molar-refractivity contribution in [3.63, 3.8) is 0 Å². The van der Waals surface area contributed by atoms with Crippen LogP contribution in [0.25, 0.3) is 5.57 Å². The Hall–Kier alpha value is -1.56. The van der Waals surface area contributed by atoms with Gasteiger partial charge in [0.1, 0.15) is 0 Å². The van der Waals surface area contributed by atoms with Gasteiger partial charge in [0.2, 0.25) is 0 Å². The van der Waals surface area contributed by atoms with Crippen LogP contribution in [0.2, 0.25) is 0 Å². The average molecular weight is 222 g/mol. The second-order valence-corrected chi connectivity index (χ2v) is 5.56. The van der Waals surface area contributed by atoms with Crippen molar-refractivity contribution < 1.29 is 0 Å². The second kappa shape index (κ2) is 3.46. The fraction of sp³-hybridized carbons (Fsp3) is 0.294. The SMILES string of the molecule is Cc1ccc2c(c1)C(C)(C)C1=C2CC=CC=C1. The summed E-state index contributed by atoms with van der Waals surface area (Å²) in [6.45, 7) is 6.85. The maximum absolute atomic E-state index is 2.35. The zero-order valence-corrected chi connectivity index (χ0v) is 10.7. The molecule has 2 aliphatic carbocycles. The van der Waals surface area contributed by atoms with E-state index in [0.29, 0.717) is 0 Å². The molecule has 1 aromatic rings. The molecule has 0 saturated heterocycles. The Balaban J connectivity index is 2.28. The van der Waals surface area contributed by atoms with Gasteiger partial charge >= 0.3 is 0 Å². The van der Waals surface area contributed by atoms with E-state index in [1.165, 1.54) is 27.8 Å². The van der Waals surface area contributed by atoms with Gasteiger partial charge in [-0.2, -0.15) is 0 Å². The molecule has 1 aromatic carbocycles. The first-order chi connectivity index (χ1) is 8.10. The molecule has 0 bridgehead atoms. The number of fused-ring (bicyclic) bond motifs is 2. The Kier molecular flexibility index (Phi) is 2.16. The van der Waals surface area contributed by atoms with Crippen LogP contribution >= 0.6 is 0 Å². The van der Waals surface area contributed by atoms with E-state index in [1.807, 2.05) is 0 Å². The summed E-state index contributed by atoms with van der Waals surface area (Å²) < 4.78 is 0. The van der Waals surface area contributed by atoms with E-state index in [2.05, 4.69) is 63.3 Å². The summed E-state index contributed by atoms with van der Waals surface area (Å²) in [5, 5.41) is 0. The number of hydrogen-bond acceptors (Lipinski definition) is 0. The smallest absolute Gasteiger partial charge is 0.0155 e. The van der Waals surface area contributed by atoms with Gasteiger partial charge in [0.05, 0.1) is 0 Å². The van der Waals surface area contributed by atoms with Gasteiger partial charge in [0, 0.05) is 5.41 Å². The number of benzene rings is 1. The fourth-order valence-electron chi connectivity index (χ4n) is 3.05. The largest absolute Gasteiger partial charge is 0.0801 e. The minimum absolute atomic E-state index is 0.152. The molecule has 0 aromatic heterocycles. The van der Waals surface area contributed by atoms with Crippen LogP contribution in [0.1, 0.15) is 37.0 Å². The van der Waals surface area contributed by atoms with Gasteiger partial charge < -0.3 is 0 Å². The van der Waals surface area contributed by atoms with E-state index in [0.717, 1.165) is 6.42 Å². The van der Waals surface area contributed by atoms with Crippen molar-refractivity contribution in [3.8, 4) is 0 Å². The zero-order chi connectivity index (χ0) is 12.0. The number of allylic oxidation sites excluding steroid dienone is 6. The van der Waals surface area contributed by atoms with Crippen molar-refractivity contribution in [1.82, 2.24) is 0 Å². The minimum Gasteiger partial charge on any atom is -0.0801 e. The fourth-order valence-corrected chi connectivity index (χ4v) is 3.05. The summed E-state index contributed by atoms with van der Waals surface area (Å²) in [6, 6.07) is 6.87.